The number of nitrogens with one attached hydrogen (secondary N) is 1. The highest BCUT2D eigenvalue weighted by Gasteiger charge is 2.37. The number of hydrogen-bond donors (Lipinski definition) is 1. The van der Waals surface area contributed by atoms with Gasteiger partial charge in [-0.3, -0.25) is 0 Å². The molecule has 1 aromatic rings. The third-order valence-corrected chi connectivity index (χ3v) is 5.71. The van der Waals surface area contributed by atoms with Crippen molar-refractivity contribution in [3.05, 3.63) is 35.4 Å². The highest BCUT2D eigenvalue weighted by Crippen LogP contribution is 2.43. The molecular weight excluding hydrogens is 278 g/mol. The number of halogens is 1. The predicted octanol–water partition coefficient (Wildman–Crippen LogP) is 3.20. The monoisotopic (exact) mass is 291 g/mol. The summed E-state index contributed by atoms with van der Waals surface area (Å²) < 4.78 is 0. The molecular formula is C14H14ClN3S. The van der Waals surface area contributed by atoms with Gasteiger partial charge in [0, 0.05) is 23.5 Å². The zero-order chi connectivity index (χ0) is 12.8. The van der Waals surface area contributed by atoms with E-state index in [1.54, 1.807) is 0 Å². The van der Waals surface area contributed by atoms with Gasteiger partial charge >= 0.3 is 0 Å². The van der Waals surface area contributed by atoms with Gasteiger partial charge in [-0.1, -0.05) is 29.8 Å². The van der Waals surface area contributed by atoms with Crippen molar-refractivity contribution in [3.8, 4) is 0 Å². The molecule has 4 rings (SSSR count). The number of hydrogen-bond acceptors (Lipinski definition) is 4. The standard InChI is InChI=1S/C14H14ClN3S/c15-12-7-19-14-10-5-6-16-11-4-2-1-3-9(11)13(10)17-8-18(12)14/h1-4,8,12,14,16H,5-7H2. The van der Waals surface area contributed by atoms with Crippen LogP contribution in [0.25, 0.3) is 5.70 Å². The average molecular weight is 292 g/mol. The number of alkyl halides is 1. The fourth-order valence-corrected chi connectivity index (χ4v) is 4.65. The Labute approximate surface area is 121 Å². The lowest BCUT2D eigenvalue weighted by Gasteiger charge is -2.30. The van der Waals surface area contributed by atoms with Crippen molar-refractivity contribution in [2.75, 3.05) is 17.6 Å². The molecule has 3 aliphatic rings. The van der Waals surface area contributed by atoms with E-state index in [9.17, 15) is 0 Å². The van der Waals surface area contributed by atoms with E-state index in [4.69, 9.17) is 11.6 Å². The van der Waals surface area contributed by atoms with E-state index in [0.717, 1.165) is 24.4 Å². The fraction of sp³-hybridized carbons (Fsp3) is 0.357. The van der Waals surface area contributed by atoms with Crippen molar-refractivity contribution < 1.29 is 0 Å². The quantitative estimate of drug-likeness (QED) is 0.588. The normalized spacial score (nSPS) is 28.4. The van der Waals surface area contributed by atoms with Crippen LogP contribution in [0.1, 0.15) is 12.0 Å². The van der Waals surface area contributed by atoms with Gasteiger partial charge in [0.25, 0.3) is 0 Å². The second-order valence-electron chi connectivity index (χ2n) is 4.91. The summed E-state index contributed by atoms with van der Waals surface area (Å²) >= 11 is 8.25. The molecule has 5 heteroatoms. The van der Waals surface area contributed by atoms with Crippen LogP contribution in [0.2, 0.25) is 0 Å². The van der Waals surface area contributed by atoms with Gasteiger partial charge in [0.1, 0.15) is 10.9 Å². The van der Waals surface area contributed by atoms with E-state index in [2.05, 4.69) is 39.5 Å². The topological polar surface area (TPSA) is 27.6 Å². The molecule has 2 unspecified atom stereocenters. The molecule has 3 aliphatic heterocycles. The molecule has 3 nitrogen and oxygen atoms in total. The van der Waals surface area contributed by atoms with Crippen molar-refractivity contribution >= 4 is 41.1 Å². The molecule has 0 spiro atoms. The van der Waals surface area contributed by atoms with E-state index in [1.807, 2.05) is 18.1 Å². The molecule has 0 radical (unpaired) electrons. The lowest BCUT2D eigenvalue weighted by molar-refractivity contribution is 0.443. The molecule has 1 fully saturated rings. The molecule has 0 saturated carbocycles. The molecule has 98 valence electrons. The zero-order valence-electron chi connectivity index (χ0n) is 10.3. The van der Waals surface area contributed by atoms with Crippen LogP contribution in [0.4, 0.5) is 5.69 Å². The number of aliphatic imine (C=N–C) groups is 1. The maximum Gasteiger partial charge on any atom is 0.115 e. The van der Waals surface area contributed by atoms with Crippen molar-refractivity contribution in [1.82, 2.24) is 4.90 Å². The smallest absolute Gasteiger partial charge is 0.115 e. The molecule has 0 bridgehead atoms. The lowest BCUT2D eigenvalue weighted by atomic mass is 10.0. The number of fused-ring (bicyclic) bond motifs is 4. The van der Waals surface area contributed by atoms with E-state index < -0.39 is 0 Å². The van der Waals surface area contributed by atoms with E-state index >= 15 is 0 Å². The van der Waals surface area contributed by atoms with Crippen LogP contribution in [0.3, 0.4) is 0 Å². The van der Waals surface area contributed by atoms with Crippen LogP contribution in [0, 0.1) is 0 Å². The molecule has 1 aromatic carbocycles. The number of nitrogens with zero attached hydrogens (tertiary/aromatic N) is 2. The van der Waals surface area contributed by atoms with Gasteiger partial charge in [0.05, 0.1) is 12.0 Å². The Morgan fingerprint density at radius 1 is 1.37 bits per heavy atom. The number of rotatable bonds is 0. The number of thioether (sulfide) groups is 1. The van der Waals surface area contributed by atoms with Gasteiger partial charge in [0.2, 0.25) is 0 Å². The summed E-state index contributed by atoms with van der Waals surface area (Å²) in [5.74, 6) is 0.962. The summed E-state index contributed by atoms with van der Waals surface area (Å²) in [6, 6.07) is 8.41. The second kappa shape index (κ2) is 4.46. The molecule has 0 aromatic heterocycles. The largest absolute Gasteiger partial charge is 0.384 e. The number of benzene rings is 1. The summed E-state index contributed by atoms with van der Waals surface area (Å²) in [6.07, 6.45) is 2.95. The zero-order valence-corrected chi connectivity index (χ0v) is 11.9. The van der Waals surface area contributed by atoms with Gasteiger partial charge in [0.15, 0.2) is 0 Å². The molecule has 1 saturated heterocycles. The maximum atomic E-state index is 6.33. The summed E-state index contributed by atoms with van der Waals surface area (Å²) in [5, 5.41) is 3.86. The Morgan fingerprint density at radius 2 is 2.26 bits per heavy atom. The fourth-order valence-electron chi connectivity index (χ4n) is 2.89. The first-order valence-electron chi connectivity index (χ1n) is 6.48. The summed E-state index contributed by atoms with van der Waals surface area (Å²) in [5.41, 5.74) is 5.01. The number of anilines is 1. The van der Waals surface area contributed by atoms with Crippen molar-refractivity contribution in [3.63, 3.8) is 0 Å². The Kier molecular flexibility index (Phi) is 2.74. The van der Waals surface area contributed by atoms with Gasteiger partial charge in [-0.15, -0.1) is 11.8 Å². The molecule has 19 heavy (non-hydrogen) atoms. The first-order valence-corrected chi connectivity index (χ1v) is 7.97. The summed E-state index contributed by atoms with van der Waals surface area (Å²) in [4.78, 5) is 6.87. The minimum absolute atomic E-state index is 0.0688. The van der Waals surface area contributed by atoms with Crippen LogP contribution in [0.15, 0.2) is 34.8 Å². The van der Waals surface area contributed by atoms with E-state index in [0.29, 0.717) is 5.37 Å². The van der Waals surface area contributed by atoms with Gasteiger partial charge in [-0.2, -0.15) is 0 Å². The first-order chi connectivity index (χ1) is 9.34. The lowest BCUT2D eigenvalue weighted by Crippen LogP contribution is -2.35. The van der Waals surface area contributed by atoms with Gasteiger partial charge in [-0.25, -0.2) is 4.99 Å². The van der Waals surface area contributed by atoms with Gasteiger partial charge in [-0.05, 0) is 18.1 Å². The first kappa shape index (κ1) is 11.7. The Bertz CT molecular complexity index is 584. The third-order valence-electron chi connectivity index (χ3n) is 3.80. The summed E-state index contributed by atoms with van der Waals surface area (Å²) in [6.45, 7) is 0.962. The highest BCUT2D eigenvalue weighted by molar-refractivity contribution is 8.00. The second-order valence-corrected chi connectivity index (χ2v) is 6.53. The maximum absolute atomic E-state index is 6.33. The summed E-state index contributed by atoms with van der Waals surface area (Å²) in [7, 11) is 0. The highest BCUT2D eigenvalue weighted by atomic mass is 35.5. The Morgan fingerprint density at radius 3 is 3.21 bits per heavy atom. The average Bonchev–Trinajstić information content (AvgIpc) is 2.71. The minimum atomic E-state index is 0.0688. The van der Waals surface area contributed by atoms with Crippen LogP contribution >= 0.6 is 23.4 Å². The minimum Gasteiger partial charge on any atom is -0.384 e. The van der Waals surface area contributed by atoms with Gasteiger partial charge < -0.3 is 10.2 Å². The molecule has 3 heterocycles. The van der Waals surface area contributed by atoms with E-state index in [-0.39, 0.29) is 5.50 Å². The molecule has 0 aliphatic carbocycles. The predicted molar refractivity (Wildman–Crippen MR) is 82.7 cm³/mol. The molecule has 1 N–H and O–H groups in total. The molecule has 0 amide bonds. The Balaban J connectivity index is 1.85. The van der Waals surface area contributed by atoms with Crippen molar-refractivity contribution in [2.45, 2.75) is 17.3 Å². The third kappa shape index (κ3) is 1.77. The number of para-hydroxylation sites is 1. The Hall–Kier alpha value is -1.13. The molecule has 2 atom stereocenters. The van der Waals surface area contributed by atoms with Crippen molar-refractivity contribution in [1.29, 1.82) is 0 Å². The van der Waals surface area contributed by atoms with Crippen LogP contribution in [-0.2, 0) is 0 Å². The SMILES string of the molecule is ClC1CSC2C3=C(N=CN12)c1ccccc1NCC3. The van der Waals surface area contributed by atoms with Crippen molar-refractivity contribution in [2.24, 2.45) is 4.99 Å². The van der Waals surface area contributed by atoms with E-state index in [1.165, 1.54) is 16.8 Å². The van der Waals surface area contributed by atoms with Crippen LogP contribution < -0.4 is 5.32 Å². The van der Waals surface area contributed by atoms with Crippen LogP contribution in [0.5, 0.6) is 0 Å². The van der Waals surface area contributed by atoms with Crippen LogP contribution in [-0.4, -0.2) is 34.4 Å².